The van der Waals surface area contributed by atoms with Crippen molar-refractivity contribution in [1.29, 1.82) is 0 Å². The van der Waals surface area contributed by atoms with Gasteiger partial charge in [0.05, 0.1) is 5.69 Å². The Hall–Kier alpha value is -1.80. The maximum atomic E-state index is 6.19. The lowest BCUT2D eigenvalue weighted by atomic mass is 10.1. The molecular weight excluding hydrogens is 244 g/mol. The van der Waals surface area contributed by atoms with E-state index in [1.807, 2.05) is 56.3 Å². The van der Waals surface area contributed by atoms with Crippen molar-refractivity contribution in [1.82, 2.24) is 0 Å². The molecule has 2 rings (SSSR count). The average Bonchev–Trinajstić information content (AvgIpc) is 2.36. The molecule has 0 radical (unpaired) electrons. The van der Waals surface area contributed by atoms with E-state index in [2.05, 4.69) is 16.6 Å². The van der Waals surface area contributed by atoms with Crippen LogP contribution in [-0.2, 0) is 0 Å². The molecule has 0 saturated heterocycles. The smallest absolute Gasteiger partial charge is 0.156 e. The second-order valence-electron chi connectivity index (χ2n) is 4.26. The summed E-state index contributed by atoms with van der Waals surface area (Å²) in [6, 6.07) is 15.9. The van der Waals surface area contributed by atoms with Crippen molar-refractivity contribution in [2.24, 2.45) is 5.10 Å². The highest BCUT2D eigenvalue weighted by Crippen LogP contribution is 2.13. The molecular formula is C15H15ClN2. The van der Waals surface area contributed by atoms with Crippen molar-refractivity contribution in [2.45, 2.75) is 13.8 Å². The minimum absolute atomic E-state index is 0.464. The summed E-state index contributed by atoms with van der Waals surface area (Å²) in [5, 5.41) is 4.64. The van der Waals surface area contributed by atoms with Crippen LogP contribution in [0.1, 0.15) is 16.7 Å². The van der Waals surface area contributed by atoms with Crippen LogP contribution in [0.5, 0.6) is 0 Å². The summed E-state index contributed by atoms with van der Waals surface area (Å²) < 4.78 is 0. The summed E-state index contributed by atoms with van der Waals surface area (Å²) in [6.45, 7) is 4.09. The first kappa shape index (κ1) is 12.7. The van der Waals surface area contributed by atoms with E-state index >= 15 is 0 Å². The topological polar surface area (TPSA) is 24.4 Å². The van der Waals surface area contributed by atoms with Crippen LogP contribution in [0.4, 0.5) is 5.69 Å². The molecule has 2 nitrogen and oxygen atoms in total. The van der Waals surface area contributed by atoms with Gasteiger partial charge in [-0.2, -0.15) is 5.10 Å². The fraction of sp³-hybridized carbons (Fsp3) is 0.133. The summed E-state index contributed by atoms with van der Waals surface area (Å²) in [7, 11) is 0. The molecule has 2 aromatic carbocycles. The highest BCUT2D eigenvalue weighted by molar-refractivity contribution is 6.69. The molecule has 0 bridgehead atoms. The zero-order valence-corrected chi connectivity index (χ0v) is 11.2. The van der Waals surface area contributed by atoms with Crippen LogP contribution in [0, 0.1) is 13.8 Å². The Morgan fingerprint density at radius 2 is 1.61 bits per heavy atom. The molecule has 0 amide bonds. The first-order valence-corrected chi connectivity index (χ1v) is 6.16. The van der Waals surface area contributed by atoms with E-state index in [1.165, 1.54) is 11.1 Å². The highest BCUT2D eigenvalue weighted by atomic mass is 35.5. The van der Waals surface area contributed by atoms with Gasteiger partial charge in [0.1, 0.15) is 0 Å². The number of hydrogen-bond donors (Lipinski definition) is 1. The van der Waals surface area contributed by atoms with Gasteiger partial charge in [0, 0.05) is 5.56 Å². The van der Waals surface area contributed by atoms with Crippen LogP contribution in [0.15, 0.2) is 53.6 Å². The lowest BCUT2D eigenvalue weighted by molar-refractivity contribution is 1.33. The monoisotopic (exact) mass is 258 g/mol. The number of nitrogens with one attached hydrogen (secondary N) is 1. The van der Waals surface area contributed by atoms with Gasteiger partial charge in [-0.3, -0.25) is 5.43 Å². The van der Waals surface area contributed by atoms with Crippen molar-refractivity contribution in [2.75, 3.05) is 5.43 Å². The van der Waals surface area contributed by atoms with Crippen molar-refractivity contribution < 1.29 is 0 Å². The fourth-order valence-corrected chi connectivity index (χ4v) is 1.94. The second-order valence-corrected chi connectivity index (χ2v) is 4.61. The Morgan fingerprint density at radius 1 is 1.00 bits per heavy atom. The number of rotatable bonds is 3. The van der Waals surface area contributed by atoms with E-state index in [0.717, 1.165) is 11.3 Å². The molecule has 0 saturated carbocycles. The number of para-hydroxylation sites is 1. The maximum absolute atomic E-state index is 6.19. The molecule has 0 fully saturated rings. The van der Waals surface area contributed by atoms with E-state index in [0.29, 0.717) is 5.17 Å². The van der Waals surface area contributed by atoms with Gasteiger partial charge in [-0.25, -0.2) is 0 Å². The zero-order valence-electron chi connectivity index (χ0n) is 10.4. The van der Waals surface area contributed by atoms with Crippen LogP contribution in [0.3, 0.4) is 0 Å². The van der Waals surface area contributed by atoms with Gasteiger partial charge in [-0.15, -0.1) is 0 Å². The van der Waals surface area contributed by atoms with Crippen molar-refractivity contribution in [3.05, 3.63) is 65.2 Å². The number of hydrazone groups is 1. The predicted molar refractivity (Wildman–Crippen MR) is 78.4 cm³/mol. The molecule has 0 aliphatic carbocycles. The summed E-state index contributed by atoms with van der Waals surface area (Å²) in [4.78, 5) is 0. The van der Waals surface area contributed by atoms with Crippen LogP contribution >= 0.6 is 11.6 Å². The molecule has 18 heavy (non-hydrogen) atoms. The summed E-state index contributed by atoms with van der Waals surface area (Å²) >= 11 is 6.19. The van der Waals surface area contributed by atoms with E-state index in [4.69, 9.17) is 11.6 Å². The average molecular weight is 259 g/mol. The minimum atomic E-state index is 0.464. The Bertz CT molecular complexity index is 542. The molecule has 0 spiro atoms. The van der Waals surface area contributed by atoms with Gasteiger partial charge in [0.25, 0.3) is 0 Å². The van der Waals surface area contributed by atoms with Gasteiger partial charge < -0.3 is 0 Å². The van der Waals surface area contributed by atoms with Gasteiger partial charge in [-0.05, 0) is 38.1 Å². The van der Waals surface area contributed by atoms with Gasteiger partial charge in [0.15, 0.2) is 5.17 Å². The molecule has 0 aliphatic heterocycles. The number of halogens is 1. The molecule has 1 N–H and O–H groups in total. The Morgan fingerprint density at radius 3 is 2.22 bits per heavy atom. The Balaban J connectivity index is 2.18. The number of hydrogen-bond acceptors (Lipinski definition) is 2. The standard InChI is InChI=1S/C15H15ClN2/c1-11-8-12(2)10-13(9-11)15(16)18-17-14-6-4-3-5-7-14/h3-10,17H,1-2H3/b18-15-. The third-order valence-corrected chi connectivity index (χ3v) is 2.82. The largest absolute Gasteiger partial charge is 0.277 e. The quantitative estimate of drug-likeness (QED) is 0.644. The van der Waals surface area contributed by atoms with E-state index in [-0.39, 0.29) is 0 Å². The molecule has 0 aliphatic rings. The summed E-state index contributed by atoms with van der Waals surface area (Å²) in [6.07, 6.45) is 0. The number of anilines is 1. The van der Waals surface area contributed by atoms with Gasteiger partial charge >= 0.3 is 0 Å². The minimum Gasteiger partial charge on any atom is -0.277 e. The predicted octanol–water partition coefficient (Wildman–Crippen LogP) is 4.32. The molecule has 2 aromatic rings. The highest BCUT2D eigenvalue weighted by Gasteiger charge is 2.01. The molecule has 3 heteroatoms. The number of nitrogens with zero attached hydrogens (tertiary/aromatic N) is 1. The lowest BCUT2D eigenvalue weighted by Crippen LogP contribution is -1.98. The molecule has 0 aromatic heterocycles. The summed E-state index contributed by atoms with van der Waals surface area (Å²) in [5.74, 6) is 0. The molecule has 0 heterocycles. The first-order valence-electron chi connectivity index (χ1n) is 5.78. The first-order chi connectivity index (χ1) is 8.65. The van der Waals surface area contributed by atoms with Crippen LogP contribution < -0.4 is 5.43 Å². The van der Waals surface area contributed by atoms with E-state index < -0.39 is 0 Å². The lowest BCUT2D eigenvalue weighted by Gasteiger charge is -2.04. The normalized spacial score (nSPS) is 11.4. The molecule has 0 atom stereocenters. The number of aryl methyl sites for hydroxylation is 2. The fourth-order valence-electron chi connectivity index (χ4n) is 1.78. The third kappa shape index (κ3) is 3.34. The van der Waals surface area contributed by atoms with Crippen molar-refractivity contribution in [3.63, 3.8) is 0 Å². The Labute approximate surface area is 112 Å². The third-order valence-electron chi connectivity index (χ3n) is 2.52. The summed E-state index contributed by atoms with van der Waals surface area (Å²) in [5.41, 5.74) is 7.14. The van der Waals surface area contributed by atoms with E-state index in [9.17, 15) is 0 Å². The Kier molecular flexibility index (Phi) is 4.00. The molecule has 0 unspecified atom stereocenters. The van der Waals surface area contributed by atoms with Crippen LogP contribution in [0.2, 0.25) is 0 Å². The van der Waals surface area contributed by atoms with Crippen molar-refractivity contribution >= 4 is 22.5 Å². The van der Waals surface area contributed by atoms with Gasteiger partial charge in [0.2, 0.25) is 0 Å². The molecule has 92 valence electrons. The second kappa shape index (κ2) is 5.69. The zero-order chi connectivity index (χ0) is 13.0. The van der Waals surface area contributed by atoms with Gasteiger partial charge in [-0.1, -0.05) is 47.0 Å². The van der Waals surface area contributed by atoms with Crippen molar-refractivity contribution in [3.8, 4) is 0 Å². The van der Waals surface area contributed by atoms with Crippen LogP contribution in [0.25, 0.3) is 0 Å². The maximum Gasteiger partial charge on any atom is 0.156 e. The van der Waals surface area contributed by atoms with Crippen LogP contribution in [-0.4, -0.2) is 5.17 Å². The van der Waals surface area contributed by atoms with E-state index in [1.54, 1.807) is 0 Å². The SMILES string of the molecule is Cc1cc(C)cc(/C(Cl)=N/Nc2ccccc2)c1. The number of benzene rings is 2.